The molecule has 0 atom stereocenters. The van der Waals surface area contributed by atoms with Gasteiger partial charge >= 0.3 is 6.09 Å². The number of nitrogens with one attached hydrogen (secondary N) is 1. The van der Waals surface area contributed by atoms with E-state index in [-0.39, 0.29) is 24.0 Å². The third kappa shape index (κ3) is 4.14. The molecule has 2 N–H and O–H groups in total. The molecule has 3 aromatic rings. The number of alkyl carbamates (subject to hydrolysis) is 1. The number of carbonyl (C=O) groups excluding carboxylic acids is 1. The first-order valence-corrected chi connectivity index (χ1v) is 10.1. The molecule has 0 spiro atoms. The van der Waals surface area contributed by atoms with Crippen LogP contribution in [0.3, 0.4) is 0 Å². The lowest BCUT2D eigenvalue weighted by Crippen LogP contribution is -2.28. The van der Waals surface area contributed by atoms with E-state index in [0.29, 0.717) is 18.7 Å². The van der Waals surface area contributed by atoms with Gasteiger partial charge in [-0.3, -0.25) is 0 Å². The van der Waals surface area contributed by atoms with Gasteiger partial charge in [-0.2, -0.15) is 0 Å². The number of carbonyl (C=O) groups is 1. The number of amides is 1. The topological polar surface area (TPSA) is 77.0 Å². The maximum Gasteiger partial charge on any atom is 0.407 e. The molecule has 0 radical (unpaired) electrons. The molecule has 31 heavy (non-hydrogen) atoms. The summed E-state index contributed by atoms with van der Waals surface area (Å²) in [5, 5.41) is 12.8. The molecule has 1 amide bonds. The highest BCUT2D eigenvalue weighted by molar-refractivity contribution is 5.79. The molecule has 0 heterocycles. The molecule has 160 valence electrons. The highest BCUT2D eigenvalue weighted by atomic mass is 16.5. The van der Waals surface area contributed by atoms with Gasteiger partial charge in [0.25, 0.3) is 0 Å². The Hall–Kier alpha value is -3.67. The van der Waals surface area contributed by atoms with Crippen LogP contribution in [0.15, 0.2) is 60.7 Å². The molecule has 4 rings (SSSR count). The van der Waals surface area contributed by atoms with Crippen molar-refractivity contribution in [3.63, 3.8) is 0 Å². The van der Waals surface area contributed by atoms with Crippen molar-refractivity contribution in [1.29, 1.82) is 0 Å². The molecule has 1 aliphatic rings. The molecule has 1 aliphatic carbocycles. The fraction of sp³-hybridized carbons (Fsp3) is 0.240. The van der Waals surface area contributed by atoms with E-state index in [1.54, 1.807) is 12.1 Å². The first-order valence-electron chi connectivity index (χ1n) is 10.1. The Labute approximate surface area is 181 Å². The number of phenolic OH excluding ortho intramolecular Hbond substituents is 1. The average molecular weight is 419 g/mol. The molecule has 0 bridgehead atoms. The molecule has 6 heteroatoms. The number of aromatic hydroxyl groups is 1. The van der Waals surface area contributed by atoms with Gasteiger partial charge in [-0.05, 0) is 46.4 Å². The first kappa shape index (κ1) is 20.6. The number of rotatable bonds is 7. The summed E-state index contributed by atoms with van der Waals surface area (Å²) in [6, 6.07) is 19.8. The van der Waals surface area contributed by atoms with E-state index < -0.39 is 6.09 Å². The SMILES string of the molecule is COc1cc(CCNC(=O)OCC2c3ccccc3-c3ccccc32)cc(O)c1OC. The normalized spacial score (nSPS) is 12.1. The second-order valence-corrected chi connectivity index (χ2v) is 7.35. The lowest BCUT2D eigenvalue weighted by molar-refractivity contribution is 0.143. The van der Waals surface area contributed by atoms with E-state index in [1.807, 2.05) is 24.3 Å². The van der Waals surface area contributed by atoms with Gasteiger partial charge in [0.2, 0.25) is 5.75 Å². The summed E-state index contributed by atoms with van der Waals surface area (Å²) in [5.41, 5.74) is 5.56. The molecule has 0 aromatic heterocycles. The minimum absolute atomic E-state index is 0.00186. The van der Waals surface area contributed by atoms with Crippen molar-refractivity contribution in [3.05, 3.63) is 77.4 Å². The van der Waals surface area contributed by atoms with E-state index in [1.165, 1.54) is 36.5 Å². The summed E-state index contributed by atoms with van der Waals surface area (Å²) in [5.74, 6) is 0.758. The van der Waals surface area contributed by atoms with Crippen LogP contribution in [-0.4, -0.2) is 38.6 Å². The molecular weight excluding hydrogens is 394 g/mol. The summed E-state index contributed by atoms with van der Waals surface area (Å²) in [4.78, 5) is 12.3. The number of ether oxygens (including phenoxy) is 3. The van der Waals surface area contributed by atoms with Gasteiger partial charge in [-0.15, -0.1) is 0 Å². The van der Waals surface area contributed by atoms with Crippen molar-refractivity contribution in [2.24, 2.45) is 0 Å². The van der Waals surface area contributed by atoms with Crippen LogP contribution in [-0.2, 0) is 11.2 Å². The zero-order chi connectivity index (χ0) is 21.8. The summed E-state index contributed by atoms with van der Waals surface area (Å²) >= 11 is 0. The minimum Gasteiger partial charge on any atom is -0.504 e. The van der Waals surface area contributed by atoms with Gasteiger partial charge in [0.15, 0.2) is 11.5 Å². The van der Waals surface area contributed by atoms with E-state index in [2.05, 4.69) is 29.6 Å². The second-order valence-electron chi connectivity index (χ2n) is 7.35. The van der Waals surface area contributed by atoms with Crippen LogP contribution in [0.4, 0.5) is 4.79 Å². The molecule has 0 saturated heterocycles. The molecule has 0 aliphatic heterocycles. The lowest BCUT2D eigenvalue weighted by atomic mass is 9.98. The molecule has 3 aromatic carbocycles. The molecule has 0 unspecified atom stereocenters. The van der Waals surface area contributed by atoms with Crippen LogP contribution in [0.25, 0.3) is 11.1 Å². The van der Waals surface area contributed by atoms with Gasteiger partial charge in [-0.1, -0.05) is 48.5 Å². The van der Waals surface area contributed by atoms with Gasteiger partial charge in [0.1, 0.15) is 6.61 Å². The van der Waals surface area contributed by atoms with Crippen molar-refractivity contribution < 1.29 is 24.1 Å². The Balaban J connectivity index is 1.34. The third-order valence-corrected chi connectivity index (χ3v) is 5.55. The van der Waals surface area contributed by atoms with E-state index in [0.717, 1.165) is 5.56 Å². The molecule has 0 fully saturated rings. The second kappa shape index (κ2) is 9.00. The highest BCUT2D eigenvalue weighted by Gasteiger charge is 2.28. The van der Waals surface area contributed by atoms with Crippen molar-refractivity contribution >= 4 is 6.09 Å². The Morgan fingerprint density at radius 3 is 2.23 bits per heavy atom. The van der Waals surface area contributed by atoms with Gasteiger partial charge < -0.3 is 24.6 Å². The van der Waals surface area contributed by atoms with Gasteiger partial charge in [0, 0.05) is 12.5 Å². The molecule has 6 nitrogen and oxygen atoms in total. The van der Waals surface area contributed by atoms with Crippen LogP contribution in [0.2, 0.25) is 0 Å². The van der Waals surface area contributed by atoms with Crippen molar-refractivity contribution in [2.45, 2.75) is 12.3 Å². The average Bonchev–Trinajstić information content (AvgIpc) is 3.11. The molecule has 0 saturated carbocycles. The van der Waals surface area contributed by atoms with E-state index in [9.17, 15) is 9.90 Å². The van der Waals surface area contributed by atoms with Crippen LogP contribution >= 0.6 is 0 Å². The number of methoxy groups -OCH3 is 2. The summed E-state index contributed by atoms with van der Waals surface area (Å²) < 4.78 is 15.9. The zero-order valence-corrected chi connectivity index (χ0v) is 17.6. The summed E-state index contributed by atoms with van der Waals surface area (Å²) in [6.07, 6.45) is 0.0459. The van der Waals surface area contributed by atoms with Crippen molar-refractivity contribution in [1.82, 2.24) is 5.32 Å². The Kier molecular flexibility index (Phi) is 5.98. The first-order chi connectivity index (χ1) is 15.1. The lowest BCUT2D eigenvalue weighted by Gasteiger charge is -2.15. The minimum atomic E-state index is -0.466. The highest BCUT2D eigenvalue weighted by Crippen LogP contribution is 2.44. The fourth-order valence-electron chi connectivity index (χ4n) is 4.10. The Bertz CT molecular complexity index is 1050. The maximum absolute atomic E-state index is 12.3. The van der Waals surface area contributed by atoms with Crippen LogP contribution in [0.5, 0.6) is 17.2 Å². The monoisotopic (exact) mass is 419 g/mol. The predicted octanol–water partition coefficient (Wildman–Crippen LogP) is 4.49. The van der Waals surface area contributed by atoms with Crippen LogP contribution in [0, 0.1) is 0 Å². The fourth-order valence-corrected chi connectivity index (χ4v) is 4.10. The number of hydrogen-bond donors (Lipinski definition) is 2. The Morgan fingerprint density at radius 2 is 1.61 bits per heavy atom. The van der Waals surface area contributed by atoms with E-state index in [4.69, 9.17) is 14.2 Å². The summed E-state index contributed by atoms with van der Waals surface area (Å²) in [6.45, 7) is 0.641. The quantitative estimate of drug-likeness (QED) is 0.590. The maximum atomic E-state index is 12.3. The third-order valence-electron chi connectivity index (χ3n) is 5.55. The van der Waals surface area contributed by atoms with Gasteiger partial charge in [-0.25, -0.2) is 4.79 Å². The van der Waals surface area contributed by atoms with Gasteiger partial charge in [0.05, 0.1) is 14.2 Å². The standard InChI is InChI=1S/C25H25NO5/c1-29-23-14-16(13-22(27)24(23)30-2)11-12-26-25(28)31-15-21-19-9-5-3-7-17(19)18-8-4-6-10-20(18)21/h3-10,13-14,21,27H,11-12,15H2,1-2H3,(H,26,28). The molecular formula is C25H25NO5. The number of phenols is 1. The largest absolute Gasteiger partial charge is 0.504 e. The smallest absolute Gasteiger partial charge is 0.407 e. The van der Waals surface area contributed by atoms with E-state index >= 15 is 0 Å². The van der Waals surface area contributed by atoms with Crippen LogP contribution in [0.1, 0.15) is 22.6 Å². The Morgan fingerprint density at radius 1 is 0.968 bits per heavy atom. The van der Waals surface area contributed by atoms with Crippen LogP contribution < -0.4 is 14.8 Å². The van der Waals surface area contributed by atoms with Crippen molar-refractivity contribution in [2.75, 3.05) is 27.4 Å². The predicted molar refractivity (Wildman–Crippen MR) is 118 cm³/mol. The number of fused-ring (bicyclic) bond motifs is 3. The van der Waals surface area contributed by atoms with Crippen molar-refractivity contribution in [3.8, 4) is 28.4 Å². The number of benzene rings is 3. The number of hydrogen-bond acceptors (Lipinski definition) is 5. The summed E-state index contributed by atoms with van der Waals surface area (Å²) in [7, 11) is 2.98. The zero-order valence-electron chi connectivity index (χ0n) is 17.6.